The third kappa shape index (κ3) is 3.53. The van der Waals surface area contributed by atoms with E-state index in [9.17, 15) is 19.5 Å². The molecule has 4 bridgehead atoms. The van der Waals surface area contributed by atoms with Crippen LogP contribution in [0, 0.1) is 35.0 Å². The molecule has 5 aliphatic carbocycles. The van der Waals surface area contributed by atoms with E-state index < -0.39 is 76.7 Å². The molecular weight excluding hydrogens is 552 g/mol. The fourth-order valence-electron chi connectivity index (χ4n) is 11.3. The van der Waals surface area contributed by atoms with Crippen LogP contribution >= 0.6 is 0 Å². The number of aliphatic hydroxyl groups is 1. The van der Waals surface area contributed by atoms with Crippen LogP contribution in [0.15, 0.2) is 0 Å². The van der Waals surface area contributed by atoms with Gasteiger partial charge >= 0.3 is 17.9 Å². The van der Waals surface area contributed by atoms with Gasteiger partial charge in [0, 0.05) is 72.9 Å². The molecule has 12 nitrogen and oxygen atoms in total. The van der Waals surface area contributed by atoms with Gasteiger partial charge in [0.15, 0.2) is 11.9 Å². The molecule has 12 heteroatoms. The Morgan fingerprint density at radius 3 is 2.17 bits per heavy atom. The molecule has 42 heavy (non-hydrogen) atoms. The Morgan fingerprint density at radius 1 is 0.881 bits per heavy atom. The summed E-state index contributed by atoms with van der Waals surface area (Å²) in [7, 11) is 4.79. The first-order chi connectivity index (χ1) is 19.9. The normalized spacial score (nSPS) is 51.1. The molecule has 236 valence electrons. The van der Waals surface area contributed by atoms with Gasteiger partial charge in [0.2, 0.25) is 0 Å². The first kappa shape index (κ1) is 30.2. The summed E-state index contributed by atoms with van der Waals surface area (Å²) in [4.78, 5) is 37.4. The molecule has 0 aromatic heterocycles. The first-order valence-corrected chi connectivity index (χ1v) is 15.0. The molecule has 1 aliphatic heterocycles. The number of aliphatic hydroxyl groups excluding tert-OH is 1. The molecule has 0 aromatic rings. The molecule has 0 aromatic carbocycles. The Bertz CT molecular complexity index is 1130. The lowest BCUT2D eigenvalue weighted by atomic mass is 9.58. The highest BCUT2D eigenvalue weighted by molar-refractivity contribution is 5.68. The van der Waals surface area contributed by atoms with Crippen LogP contribution < -0.4 is 0 Å². The Hall–Kier alpha value is -1.83. The van der Waals surface area contributed by atoms with E-state index in [0.29, 0.717) is 32.3 Å². The third-order valence-electron chi connectivity index (χ3n) is 11.7. The van der Waals surface area contributed by atoms with Crippen molar-refractivity contribution in [1.29, 1.82) is 0 Å². The van der Waals surface area contributed by atoms with E-state index in [4.69, 9.17) is 37.9 Å². The molecule has 6 aliphatic rings. The number of fused-ring (bicyclic) bond motifs is 4. The second-order valence-electron chi connectivity index (χ2n) is 13.1. The van der Waals surface area contributed by atoms with Gasteiger partial charge in [-0.15, -0.1) is 0 Å². The third-order valence-corrected chi connectivity index (χ3v) is 11.7. The van der Waals surface area contributed by atoms with Gasteiger partial charge in [-0.1, -0.05) is 0 Å². The highest BCUT2D eigenvalue weighted by Gasteiger charge is 2.89. The number of hydrogen-bond acceptors (Lipinski definition) is 12. The first-order valence-electron chi connectivity index (χ1n) is 15.0. The maximum absolute atomic E-state index is 12.6. The summed E-state index contributed by atoms with van der Waals surface area (Å²) in [6.07, 6.45) is -2.06. The lowest BCUT2D eigenvalue weighted by molar-refractivity contribution is -0.266. The minimum Gasteiger partial charge on any atom is -0.462 e. The number of carbonyl (C=O) groups is 3. The largest absolute Gasteiger partial charge is 0.462 e. The van der Waals surface area contributed by atoms with Gasteiger partial charge < -0.3 is 43.0 Å². The maximum atomic E-state index is 12.6. The molecular formula is C30H44O12. The number of methoxy groups -OCH3 is 3. The Balaban J connectivity index is 1.56. The molecule has 1 heterocycles. The lowest BCUT2D eigenvalue weighted by Crippen LogP contribution is -2.68. The number of rotatable bonds is 9. The van der Waals surface area contributed by atoms with Crippen molar-refractivity contribution in [3.63, 3.8) is 0 Å². The van der Waals surface area contributed by atoms with E-state index in [1.165, 1.54) is 20.8 Å². The number of ether oxygens (including phenoxy) is 8. The highest BCUT2D eigenvalue weighted by Crippen LogP contribution is 2.79. The van der Waals surface area contributed by atoms with Gasteiger partial charge in [0.25, 0.3) is 0 Å². The molecule has 6 rings (SSSR count). The molecule has 0 amide bonds. The van der Waals surface area contributed by atoms with Gasteiger partial charge in [-0.25, -0.2) is 0 Å². The van der Waals surface area contributed by atoms with Crippen LogP contribution in [0.25, 0.3) is 0 Å². The van der Waals surface area contributed by atoms with Crippen LogP contribution in [-0.4, -0.2) is 105 Å². The lowest BCUT2D eigenvalue weighted by Gasteiger charge is -2.54. The summed E-state index contributed by atoms with van der Waals surface area (Å²) in [5, 5.41) is 11.7. The molecule has 6 fully saturated rings. The molecule has 0 spiro atoms. The second kappa shape index (κ2) is 10.1. The van der Waals surface area contributed by atoms with E-state index in [1.807, 2.05) is 6.92 Å². The fraction of sp³-hybridized carbons (Fsp3) is 0.900. The van der Waals surface area contributed by atoms with Gasteiger partial charge in [-0.3, -0.25) is 14.4 Å². The number of esters is 3. The Kier molecular flexibility index (Phi) is 7.26. The Morgan fingerprint density at radius 2 is 1.60 bits per heavy atom. The molecule has 14 atom stereocenters. The summed E-state index contributed by atoms with van der Waals surface area (Å²) in [6, 6.07) is 0. The predicted octanol–water partition coefficient (Wildman–Crippen LogP) is 1.39. The quantitative estimate of drug-likeness (QED) is 0.303. The average molecular weight is 597 g/mol. The van der Waals surface area contributed by atoms with Gasteiger partial charge in [-0.05, 0) is 38.0 Å². The standard InChI is InChI=1S/C30H44O12/c1-8-38-30-12-19(36-6)29(41-16(4)33)11-17(21(30)25(29)40-15(3)32)20-22(30)23(37-7)24-27(13-35-5)18(39-14(2)31)9-10-28(20,24)42-26(27)34/h17-26,34H,8-13H2,1-7H3/t17?,18-,19+,20+,21?,22-,23+,24?,25-,26-,27-,28-,29+,30-/m1/s1. The zero-order valence-electron chi connectivity index (χ0n) is 25.5. The summed E-state index contributed by atoms with van der Waals surface area (Å²) in [6.45, 7) is 6.48. The predicted molar refractivity (Wildman–Crippen MR) is 142 cm³/mol. The van der Waals surface area contributed by atoms with Crippen molar-refractivity contribution in [3.05, 3.63) is 0 Å². The van der Waals surface area contributed by atoms with E-state index >= 15 is 0 Å². The van der Waals surface area contributed by atoms with Crippen LogP contribution in [-0.2, 0) is 52.3 Å². The van der Waals surface area contributed by atoms with E-state index in [2.05, 4.69) is 0 Å². The highest BCUT2D eigenvalue weighted by atomic mass is 16.6. The van der Waals surface area contributed by atoms with Gasteiger partial charge in [0.05, 0.1) is 29.3 Å². The minimum absolute atomic E-state index is 0.0989. The summed E-state index contributed by atoms with van der Waals surface area (Å²) < 4.78 is 49.8. The van der Waals surface area contributed by atoms with Crippen molar-refractivity contribution in [2.75, 3.05) is 34.5 Å². The molecule has 5 saturated carbocycles. The monoisotopic (exact) mass is 596 g/mol. The zero-order chi connectivity index (χ0) is 30.4. The van der Waals surface area contributed by atoms with Crippen molar-refractivity contribution in [1.82, 2.24) is 0 Å². The topological polar surface area (TPSA) is 145 Å². The van der Waals surface area contributed by atoms with E-state index in [0.717, 1.165) is 0 Å². The molecule has 3 unspecified atom stereocenters. The maximum Gasteiger partial charge on any atom is 0.303 e. The van der Waals surface area contributed by atoms with Crippen molar-refractivity contribution in [2.24, 2.45) is 35.0 Å². The van der Waals surface area contributed by atoms with Crippen molar-refractivity contribution >= 4 is 17.9 Å². The number of carbonyl (C=O) groups excluding carboxylic acids is 3. The zero-order valence-corrected chi connectivity index (χ0v) is 25.5. The van der Waals surface area contributed by atoms with Crippen LogP contribution in [0.4, 0.5) is 0 Å². The summed E-state index contributed by atoms with van der Waals surface area (Å²) >= 11 is 0. The van der Waals surface area contributed by atoms with Crippen molar-refractivity contribution in [3.8, 4) is 0 Å². The van der Waals surface area contributed by atoms with Crippen LogP contribution in [0.2, 0.25) is 0 Å². The van der Waals surface area contributed by atoms with Crippen molar-refractivity contribution in [2.45, 2.75) is 101 Å². The molecule has 1 saturated heterocycles. The summed E-state index contributed by atoms with van der Waals surface area (Å²) in [5.41, 5.74) is -4.03. The van der Waals surface area contributed by atoms with Crippen LogP contribution in [0.1, 0.15) is 53.4 Å². The van der Waals surface area contributed by atoms with Gasteiger partial charge in [0.1, 0.15) is 18.3 Å². The molecule has 0 radical (unpaired) electrons. The van der Waals surface area contributed by atoms with Crippen LogP contribution in [0.3, 0.4) is 0 Å². The molecule has 1 N–H and O–H groups in total. The average Bonchev–Trinajstić information content (AvgIpc) is 3.49. The van der Waals surface area contributed by atoms with Crippen LogP contribution in [0.5, 0.6) is 0 Å². The second-order valence-corrected chi connectivity index (χ2v) is 13.1. The van der Waals surface area contributed by atoms with Crippen molar-refractivity contribution < 1.29 is 57.4 Å². The number of hydrogen-bond donors (Lipinski definition) is 1. The fourth-order valence-corrected chi connectivity index (χ4v) is 11.3. The SMILES string of the molecule is CCO[C@]12C[C@H](OC)[C@@]3(OC(C)=O)CC(C1[C@H]3OC(C)=O)[C@H]1[C@@H]2[C@H](OC)C2[C@]3(COC)[C@H](O)O[C@@]21CC[C@H]3OC(C)=O. The minimum atomic E-state index is -1.27. The summed E-state index contributed by atoms with van der Waals surface area (Å²) in [5.74, 6) is -2.76. The van der Waals surface area contributed by atoms with Gasteiger partial charge in [-0.2, -0.15) is 0 Å². The Labute approximate surface area is 245 Å². The van der Waals surface area contributed by atoms with E-state index in [-0.39, 0.29) is 30.3 Å². The van der Waals surface area contributed by atoms with E-state index in [1.54, 1.807) is 21.3 Å². The smallest absolute Gasteiger partial charge is 0.303 e.